The normalized spacial score (nSPS) is 21.5. The number of pyridine rings is 1. The molecule has 1 aliphatic heterocycles. The topological polar surface area (TPSA) is 123 Å². The van der Waals surface area contributed by atoms with Gasteiger partial charge in [0.25, 0.3) is 5.91 Å². The first-order valence-corrected chi connectivity index (χ1v) is 10.9. The molecule has 3 N–H and O–H groups in total. The Morgan fingerprint density at radius 1 is 1.18 bits per heavy atom. The number of hydrogen-bond acceptors (Lipinski definition) is 5. The van der Waals surface area contributed by atoms with E-state index in [4.69, 9.17) is 17.3 Å². The number of piperidine rings is 1. The van der Waals surface area contributed by atoms with E-state index >= 15 is 0 Å². The van der Waals surface area contributed by atoms with Crippen molar-refractivity contribution in [3.63, 3.8) is 0 Å². The molecule has 1 aliphatic carbocycles. The molecule has 11 heteroatoms. The summed E-state index contributed by atoms with van der Waals surface area (Å²) < 4.78 is 14.8. The highest BCUT2D eigenvalue weighted by Gasteiger charge is 2.51. The first-order chi connectivity index (χ1) is 15.8. The lowest BCUT2D eigenvalue weighted by molar-refractivity contribution is -0.141. The molecule has 170 valence electrons. The predicted molar refractivity (Wildman–Crippen MR) is 118 cm³/mol. The lowest BCUT2D eigenvalue weighted by Gasteiger charge is -2.34. The number of nitrogens with two attached hydrogens (primary N) is 1. The van der Waals surface area contributed by atoms with Crippen molar-refractivity contribution < 1.29 is 18.8 Å². The molecule has 2 unspecified atom stereocenters. The molecule has 1 saturated carbocycles. The number of nitrogens with one attached hydrogen (secondary N) is 1. The van der Waals surface area contributed by atoms with Crippen molar-refractivity contribution in [3.05, 3.63) is 53.1 Å². The smallest absolute Gasteiger partial charge is 0.269 e. The average molecular weight is 471 g/mol. The van der Waals surface area contributed by atoms with E-state index in [1.165, 1.54) is 10.7 Å². The van der Waals surface area contributed by atoms with Gasteiger partial charge in [-0.1, -0.05) is 29.8 Å². The molecule has 1 aromatic carbocycles. The summed E-state index contributed by atoms with van der Waals surface area (Å²) in [6.45, 7) is -0.137. The van der Waals surface area contributed by atoms with Crippen LogP contribution in [0.5, 0.6) is 0 Å². The minimum absolute atomic E-state index is 0.0189. The van der Waals surface area contributed by atoms with Crippen molar-refractivity contribution in [3.8, 4) is 0 Å². The number of aromatic nitrogens is 3. The maximum atomic E-state index is 13.4. The van der Waals surface area contributed by atoms with Crippen LogP contribution in [0.1, 0.15) is 29.8 Å². The second kappa shape index (κ2) is 8.11. The second-order valence-corrected chi connectivity index (χ2v) is 8.68. The van der Waals surface area contributed by atoms with E-state index in [0.717, 1.165) is 25.3 Å². The van der Waals surface area contributed by atoms with Gasteiger partial charge in [-0.15, -0.1) is 0 Å². The van der Waals surface area contributed by atoms with Crippen LogP contribution in [0.3, 0.4) is 0 Å². The van der Waals surface area contributed by atoms with Gasteiger partial charge in [0.05, 0.1) is 5.52 Å². The Kier molecular flexibility index (Phi) is 5.24. The Labute approximate surface area is 192 Å². The fourth-order valence-electron chi connectivity index (χ4n) is 5.01. The summed E-state index contributed by atoms with van der Waals surface area (Å²) in [5, 5.41) is 7.13. The van der Waals surface area contributed by atoms with Crippen LogP contribution < -0.4 is 11.1 Å². The summed E-state index contributed by atoms with van der Waals surface area (Å²) in [7, 11) is 0. The maximum absolute atomic E-state index is 13.4. The third-order valence-corrected chi connectivity index (χ3v) is 6.64. The lowest BCUT2D eigenvalue weighted by Crippen LogP contribution is -2.52. The number of nitrogens with zero attached hydrogens (tertiary/aromatic N) is 4. The van der Waals surface area contributed by atoms with Gasteiger partial charge in [-0.3, -0.25) is 19.1 Å². The number of anilines is 1. The molecule has 0 radical (unpaired) electrons. The third-order valence-electron chi connectivity index (χ3n) is 6.37. The predicted octanol–water partition coefficient (Wildman–Crippen LogP) is 2.34. The summed E-state index contributed by atoms with van der Waals surface area (Å²) in [4.78, 5) is 43.7. The summed E-state index contributed by atoms with van der Waals surface area (Å²) in [6, 6.07) is 8.72. The molecular weight excluding hydrogens is 451 g/mol. The van der Waals surface area contributed by atoms with E-state index < -0.39 is 23.7 Å². The largest absolute Gasteiger partial charge is 0.364 e. The number of carbonyl (C=O) groups is 3. The van der Waals surface area contributed by atoms with Crippen LogP contribution >= 0.6 is 11.6 Å². The summed E-state index contributed by atoms with van der Waals surface area (Å²) >= 11 is 5.72. The molecule has 3 amide bonds. The molecule has 2 fully saturated rings. The number of benzene rings is 1. The first-order valence-electron chi connectivity index (χ1n) is 10.5. The minimum atomic E-state index is -0.687. The van der Waals surface area contributed by atoms with E-state index in [1.807, 2.05) is 0 Å². The van der Waals surface area contributed by atoms with Gasteiger partial charge in [0, 0.05) is 11.4 Å². The molecule has 3 aromatic rings. The maximum Gasteiger partial charge on any atom is 0.269 e. The highest BCUT2D eigenvalue weighted by atomic mass is 35.5. The molecule has 3 heterocycles. The van der Waals surface area contributed by atoms with Crippen molar-refractivity contribution in [1.82, 2.24) is 19.7 Å². The number of carbonyl (C=O) groups excluding carboxylic acids is 3. The summed E-state index contributed by atoms with van der Waals surface area (Å²) in [5.74, 6) is -1.91. The lowest BCUT2D eigenvalue weighted by atomic mass is 9.97. The molecule has 2 aromatic heterocycles. The number of fused-ring (bicyclic) bond motifs is 3. The zero-order valence-corrected chi connectivity index (χ0v) is 18.1. The van der Waals surface area contributed by atoms with E-state index in [1.54, 1.807) is 29.2 Å². The van der Waals surface area contributed by atoms with Crippen molar-refractivity contribution in [2.75, 3.05) is 5.32 Å². The monoisotopic (exact) mass is 470 g/mol. The Bertz CT molecular complexity index is 1290. The first kappa shape index (κ1) is 21.3. The van der Waals surface area contributed by atoms with Gasteiger partial charge in [-0.2, -0.15) is 5.10 Å². The van der Waals surface area contributed by atoms with E-state index in [-0.39, 0.29) is 41.1 Å². The van der Waals surface area contributed by atoms with Crippen molar-refractivity contribution in [2.45, 2.75) is 37.9 Å². The molecule has 2 bridgehead atoms. The van der Waals surface area contributed by atoms with Gasteiger partial charge in [0.15, 0.2) is 16.7 Å². The second-order valence-electron chi connectivity index (χ2n) is 8.32. The molecular formula is C22H20ClFN6O3. The zero-order chi connectivity index (χ0) is 23.3. The number of primary amides is 1. The fourth-order valence-corrected chi connectivity index (χ4v) is 5.17. The van der Waals surface area contributed by atoms with Crippen molar-refractivity contribution in [2.24, 2.45) is 11.7 Å². The fraction of sp³-hybridized carbons (Fsp3) is 0.318. The van der Waals surface area contributed by atoms with Crippen LogP contribution in [0.4, 0.5) is 10.2 Å². The van der Waals surface area contributed by atoms with Crippen molar-refractivity contribution >= 4 is 46.0 Å². The van der Waals surface area contributed by atoms with Gasteiger partial charge in [-0.05, 0) is 43.4 Å². The van der Waals surface area contributed by atoms with Crippen LogP contribution in [0.25, 0.3) is 10.9 Å². The van der Waals surface area contributed by atoms with Crippen LogP contribution in [0.2, 0.25) is 5.15 Å². The molecule has 33 heavy (non-hydrogen) atoms. The number of para-hydroxylation sites is 1. The summed E-state index contributed by atoms with van der Waals surface area (Å²) in [6.07, 6.45) is 2.38. The van der Waals surface area contributed by atoms with Crippen LogP contribution in [0, 0.1) is 11.7 Å². The highest BCUT2D eigenvalue weighted by Crippen LogP contribution is 2.43. The quantitative estimate of drug-likeness (QED) is 0.554. The number of amides is 3. The van der Waals surface area contributed by atoms with Gasteiger partial charge in [0.1, 0.15) is 18.4 Å². The van der Waals surface area contributed by atoms with Gasteiger partial charge >= 0.3 is 0 Å². The standard InChI is InChI=1S/C22H20ClFN6O3/c23-20-14(24)7-8-16(26-20)27-22(33)19-11-5-6-12(9-11)30(19)17(31)10-29-15-4-2-1-3-13(15)18(28-29)21(25)32/h1-4,7-8,11-12,19H,5-6,9-10H2,(H2,25,32)(H,26,27,33)/t11?,12?,19-/m0/s1. The SMILES string of the molecule is NC(=O)c1nn(CC(=O)N2C3CCC(C3)[C@H]2C(=O)Nc2ccc(F)c(Cl)n2)c2ccccc12. The van der Waals surface area contributed by atoms with Gasteiger partial charge < -0.3 is 16.0 Å². The van der Waals surface area contributed by atoms with E-state index in [0.29, 0.717) is 10.9 Å². The Morgan fingerprint density at radius 2 is 1.97 bits per heavy atom. The van der Waals surface area contributed by atoms with Crippen LogP contribution in [-0.4, -0.2) is 49.5 Å². The number of rotatable bonds is 5. The molecule has 9 nitrogen and oxygen atoms in total. The van der Waals surface area contributed by atoms with E-state index in [2.05, 4.69) is 15.4 Å². The Balaban J connectivity index is 1.40. The summed E-state index contributed by atoms with van der Waals surface area (Å²) in [5.41, 5.74) is 6.15. The van der Waals surface area contributed by atoms with Gasteiger partial charge in [0.2, 0.25) is 11.8 Å². The minimum Gasteiger partial charge on any atom is -0.364 e. The number of halogens is 2. The third kappa shape index (κ3) is 3.70. The van der Waals surface area contributed by atoms with E-state index in [9.17, 15) is 18.8 Å². The molecule has 3 atom stereocenters. The van der Waals surface area contributed by atoms with Gasteiger partial charge in [-0.25, -0.2) is 9.37 Å². The Hall–Kier alpha value is -3.53. The van der Waals surface area contributed by atoms with Crippen molar-refractivity contribution in [1.29, 1.82) is 0 Å². The average Bonchev–Trinajstić information content (AvgIpc) is 3.49. The highest BCUT2D eigenvalue weighted by molar-refractivity contribution is 6.29. The molecule has 1 saturated heterocycles. The van der Waals surface area contributed by atoms with Crippen LogP contribution in [0.15, 0.2) is 36.4 Å². The molecule has 2 aliphatic rings. The molecule has 0 spiro atoms. The number of likely N-dealkylation sites (tertiary alicyclic amines) is 1. The molecule has 5 rings (SSSR count). The zero-order valence-electron chi connectivity index (χ0n) is 17.4. The number of hydrogen-bond donors (Lipinski definition) is 2. The van der Waals surface area contributed by atoms with Crippen LogP contribution in [-0.2, 0) is 16.1 Å². The Morgan fingerprint density at radius 3 is 2.73 bits per heavy atom.